The van der Waals surface area contributed by atoms with E-state index in [-0.39, 0.29) is 0 Å². The van der Waals surface area contributed by atoms with Crippen LogP contribution in [0.5, 0.6) is 0 Å². The molecule has 108 valence electrons. The van der Waals surface area contributed by atoms with Gasteiger partial charge in [0, 0.05) is 17.3 Å². The Balaban J connectivity index is 1.94. The van der Waals surface area contributed by atoms with E-state index in [1.807, 2.05) is 18.2 Å². The molecule has 22 heavy (non-hydrogen) atoms. The van der Waals surface area contributed by atoms with Crippen LogP contribution in [0, 0.1) is 6.92 Å². The van der Waals surface area contributed by atoms with Gasteiger partial charge in [-0.25, -0.2) is 0 Å². The van der Waals surface area contributed by atoms with Gasteiger partial charge in [-0.1, -0.05) is 42.5 Å². The van der Waals surface area contributed by atoms with Gasteiger partial charge in [-0.2, -0.15) is 0 Å². The second kappa shape index (κ2) is 5.23. The normalized spacial score (nSPS) is 11.1. The third kappa shape index (κ3) is 2.23. The monoisotopic (exact) mass is 287 g/mol. The summed E-state index contributed by atoms with van der Waals surface area (Å²) in [5.41, 5.74) is 6.12. The molecule has 0 aliphatic carbocycles. The molecular formula is C20H17NO. The summed E-state index contributed by atoms with van der Waals surface area (Å²) in [7, 11) is 0. The zero-order valence-electron chi connectivity index (χ0n) is 12.5. The summed E-state index contributed by atoms with van der Waals surface area (Å²) in [4.78, 5) is 3.59. The van der Waals surface area contributed by atoms with Crippen LogP contribution >= 0.6 is 0 Å². The number of aromatic amines is 1. The average molecular weight is 287 g/mol. The van der Waals surface area contributed by atoms with Crippen molar-refractivity contribution in [3.63, 3.8) is 0 Å². The fourth-order valence-electron chi connectivity index (χ4n) is 2.99. The number of nitrogens with one attached hydrogen (secondary N) is 1. The molecule has 0 amide bonds. The van der Waals surface area contributed by atoms with Gasteiger partial charge in [0.1, 0.15) is 5.76 Å². The minimum Gasteiger partial charge on any atom is -0.469 e. The van der Waals surface area contributed by atoms with E-state index in [9.17, 15) is 0 Å². The summed E-state index contributed by atoms with van der Waals surface area (Å²) in [5, 5.41) is 1.26. The van der Waals surface area contributed by atoms with Crippen LogP contribution in [0.25, 0.3) is 22.2 Å². The van der Waals surface area contributed by atoms with Gasteiger partial charge in [-0.15, -0.1) is 0 Å². The second-order valence-electron chi connectivity index (χ2n) is 5.65. The minimum absolute atomic E-state index is 0.792. The highest BCUT2D eigenvalue weighted by Gasteiger charge is 2.14. The molecule has 2 nitrogen and oxygen atoms in total. The van der Waals surface area contributed by atoms with Gasteiger partial charge >= 0.3 is 0 Å². The van der Waals surface area contributed by atoms with E-state index >= 15 is 0 Å². The van der Waals surface area contributed by atoms with Crippen molar-refractivity contribution in [3.05, 3.63) is 83.8 Å². The van der Waals surface area contributed by atoms with Crippen molar-refractivity contribution >= 4 is 10.9 Å². The molecular weight excluding hydrogens is 270 g/mol. The van der Waals surface area contributed by atoms with E-state index in [0.717, 1.165) is 12.2 Å². The summed E-state index contributed by atoms with van der Waals surface area (Å²) < 4.78 is 5.56. The number of furan rings is 1. The van der Waals surface area contributed by atoms with E-state index in [2.05, 4.69) is 54.4 Å². The van der Waals surface area contributed by atoms with Gasteiger partial charge in [0.05, 0.1) is 12.0 Å². The van der Waals surface area contributed by atoms with Crippen LogP contribution < -0.4 is 0 Å². The van der Waals surface area contributed by atoms with Gasteiger partial charge < -0.3 is 9.40 Å². The summed E-state index contributed by atoms with van der Waals surface area (Å²) in [6, 6.07) is 21.0. The Labute approximate surface area is 129 Å². The van der Waals surface area contributed by atoms with E-state index in [0.29, 0.717) is 0 Å². The number of hydrogen-bond acceptors (Lipinski definition) is 1. The minimum atomic E-state index is 0.792. The molecule has 0 saturated heterocycles. The van der Waals surface area contributed by atoms with Crippen molar-refractivity contribution < 1.29 is 4.42 Å². The average Bonchev–Trinajstić information content (AvgIpc) is 3.17. The van der Waals surface area contributed by atoms with E-state index in [1.54, 1.807) is 6.26 Å². The third-order valence-corrected chi connectivity index (χ3v) is 4.06. The first-order valence-electron chi connectivity index (χ1n) is 7.50. The van der Waals surface area contributed by atoms with Crippen LogP contribution in [0.15, 0.2) is 71.3 Å². The van der Waals surface area contributed by atoms with Crippen molar-refractivity contribution in [1.29, 1.82) is 0 Å². The van der Waals surface area contributed by atoms with E-state index in [4.69, 9.17) is 4.42 Å². The Bertz CT molecular complexity index is 902. The van der Waals surface area contributed by atoms with E-state index < -0.39 is 0 Å². The predicted molar refractivity (Wildman–Crippen MR) is 90.0 cm³/mol. The zero-order valence-corrected chi connectivity index (χ0v) is 12.5. The Hall–Kier alpha value is -2.74. The molecule has 2 aromatic carbocycles. The van der Waals surface area contributed by atoms with Gasteiger partial charge in [0.2, 0.25) is 0 Å². The molecule has 0 radical (unpaired) electrons. The highest BCUT2D eigenvalue weighted by Crippen LogP contribution is 2.32. The molecule has 0 fully saturated rings. The highest BCUT2D eigenvalue weighted by molar-refractivity contribution is 5.91. The van der Waals surface area contributed by atoms with Crippen LogP contribution in [0.1, 0.15) is 16.9 Å². The first-order valence-corrected chi connectivity index (χ1v) is 7.50. The lowest BCUT2D eigenvalue weighted by atomic mass is 10.0. The molecule has 2 aromatic heterocycles. The summed E-state index contributed by atoms with van der Waals surface area (Å²) >= 11 is 0. The predicted octanol–water partition coefficient (Wildman–Crippen LogP) is 5.33. The first-order chi connectivity index (χ1) is 10.8. The quantitative estimate of drug-likeness (QED) is 0.542. The second-order valence-corrected chi connectivity index (χ2v) is 5.65. The van der Waals surface area contributed by atoms with Gasteiger partial charge in [-0.3, -0.25) is 0 Å². The number of rotatable bonds is 3. The standard InChI is InChI=1S/C20H17NO/c1-14-9-10-17-18(13-16-8-5-11-22-16)20(21-19(17)12-14)15-6-3-2-4-7-15/h2-12,21H,13H2,1H3. The maximum Gasteiger partial charge on any atom is 0.108 e. The molecule has 4 aromatic rings. The third-order valence-electron chi connectivity index (χ3n) is 4.06. The molecule has 0 atom stereocenters. The Kier molecular flexibility index (Phi) is 3.08. The van der Waals surface area contributed by atoms with Crippen molar-refractivity contribution in [3.8, 4) is 11.3 Å². The lowest BCUT2D eigenvalue weighted by Gasteiger charge is -2.04. The maximum absolute atomic E-state index is 5.56. The Morgan fingerprint density at radius 3 is 2.59 bits per heavy atom. The Morgan fingerprint density at radius 2 is 1.82 bits per heavy atom. The summed E-state index contributed by atoms with van der Waals surface area (Å²) in [6.45, 7) is 2.12. The summed E-state index contributed by atoms with van der Waals surface area (Å²) in [5.74, 6) is 0.985. The van der Waals surface area contributed by atoms with Crippen LogP contribution in [0.3, 0.4) is 0 Å². The van der Waals surface area contributed by atoms with Crippen molar-refractivity contribution in [1.82, 2.24) is 4.98 Å². The van der Waals surface area contributed by atoms with Crippen molar-refractivity contribution in [2.45, 2.75) is 13.3 Å². The van der Waals surface area contributed by atoms with Crippen LogP contribution in [0.4, 0.5) is 0 Å². The number of aryl methyl sites for hydroxylation is 1. The molecule has 4 rings (SSSR count). The molecule has 1 N–H and O–H groups in total. The SMILES string of the molecule is Cc1ccc2c(Cc3ccco3)c(-c3ccccc3)[nH]c2c1. The van der Waals surface area contributed by atoms with Crippen LogP contribution in [0.2, 0.25) is 0 Å². The van der Waals surface area contributed by atoms with Gasteiger partial charge in [0.15, 0.2) is 0 Å². The Morgan fingerprint density at radius 1 is 0.955 bits per heavy atom. The lowest BCUT2D eigenvalue weighted by Crippen LogP contribution is -1.88. The number of benzene rings is 2. The smallest absolute Gasteiger partial charge is 0.108 e. The molecule has 0 aliphatic heterocycles. The molecule has 2 heteroatoms. The van der Waals surface area contributed by atoms with Crippen molar-refractivity contribution in [2.75, 3.05) is 0 Å². The largest absolute Gasteiger partial charge is 0.469 e. The molecule has 0 saturated carbocycles. The molecule has 0 unspecified atom stereocenters. The fraction of sp³-hybridized carbons (Fsp3) is 0.100. The number of aromatic nitrogens is 1. The van der Waals surface area contributed by atoms with E-state index in [1.165, 1.54) is 33.3 Å². The lowest BCUT2D eigenvalue weighted by molar-refractivity contribution is 0.521. The van der Waals surface area contributed by atoms with Crippen LogP contribution in [-0.4, -0.2) is 4.98 Å². The first kappa shape index (κ1) is 13.0. The molecule has 0 spiro atoms. The fourth-order valence-corrected chi connectivity index (χ4v) is 2.99. The molecule has 0 aliphatic rings. The topological polar surface area (TPSA) is 28.9 Å². The number of H-pyrrole nitrogens is 1. The van der Waals surface area contributed by atoms with Gasteiger partial charge in [-0.05, 0) is 41.8 Å². The number of fused-ring (bicyclic) bond motifs is 1. The maximum atomic E-state index is 5.56. The van der Waals surface area contributed by atoms with Crippen LogP contribution in [-0.2, 0) is 6.42 Å². The zero-order chi connectivity index (χ0) is 14.9. The highest BCUT2D eigenvalue weighted by atomic mass is 16.3. The van der Waals surface area contributed by atoms with Crippen molar-refractivity contribution in [2.24, 2.45) is 0 Å². The summed E-state index contributed by atoms with van der Waals surface area (Å²) in [6.07, 6.45) is 2.52. The molecule has 0 bridgehead atoms. The van der Waals surface area contributed by atoms with Gasteiger partial charge in [0.25, 0.3) is 0 Å². The molecule has 2 heterocycles. The number of hydrogen-bond donors (Lipinski definition) is 1.